The second kappa shape index (κ2) is 7.30. The zero-order chi connectivity index (χ0) is 18.7. The molecule has 0 spiro atoms. The van der Waals surface area contributed by atoms with Crippen LogP contribution in [0.3, 0.4) is 0 Å². The molecule has 1 saturated heterocycles. The van der Waals surface area contributed by atoms with E-state index in [1.165, 1.54) is 10.8 Å². The zero-order valence-corrected chi connectivity index (χ0v) is 14.3. The van der Waals surface area contributed by atoms with Gasteiger partial charge in [0.2, 0.25) is 0 Å². The van der Waals surface area contributed by atoms with Gasteiger partial charge in [-0.1, -0.05) is 36.3 Å². The summed E-state index contributed by atoms with van der Waals surface area (Å²) >= 11 is 0. The van der Waals surface area contributed by atoms with Gasteiger partial charge < -0.3 is 14.9 Å². The van der Waals surface area contributed by atoms with Crippen LogP contribution < -0.4 is 11.2 Å². The molecule has 1 fully saturated rings. The van der Waals surface area contributed by atoms with Gasteiger partial charge >= 0.3 is 5.69 Å². The first-order valence-corrected chi connectivity index (χ1v) is 8.29. The summed E-state index contributed by atoms with van der Waals surface area (Å²) in [4.78, 5) is 26.7. The Kier molecular flexibility index (Phi) is 5.09. The van der Waals surface area contributed by atoms with Crippen LogP contribution in [0.15, 0.2) is 46.1 Å². The summed E-state index contributed by atoms with van der Waals surface area (Å²) in [6, 6.07) is 9.36. The Hall–Kier alpha value is -2.66. The summed E-state index contributed by atoms with van der Waals surface area (Å²) in [6.07, 6.45) is -0.0289. The van der Waals surface area contributed by atoms with Gasteiger partial charge in [-0.05, 0) is 12.5 Å². The Bertz CT molecular complexity index is 954. The Labute approximate surface area is 149 Å². The lowest BCUT2D eigenvalue weighted by atomic mass is 9.97. The highest BCUT2D eigenvalue weighted by Crippen LogP contribution is 2.37. The number of aliphatic hydroxyl groups excluding tert-OH is 2. The maximum atomic E-state index is 12.5. The average Bonchev–Trinajstić information content (AvgIpc) is 2.94. The average molecular weight is 356 g/mol. The molecule has 0 amide bonds. The van der Waals surface area contributed by atoms with Crippen LogP contribution in [0.4, 0.5) is 0 Å². The van der Waals surface area contributed by atoms with E-state index in [1.54, 1.807) is 6.92 Å². The van der Waals surface area contributed by atoms with E-state index in [1.807, 2.05) is 30.3 Å². The Morgan fingerprint density at radius 3 is 2.69 bits per heavy atom. The summed E-state index contributed by atoms with van der Waals surface area (Å²) in [7, 11) is 0. The first-order chi connectivity index (χ1) is 12.5. The molecule has 1 aliphatic heterocycles. The molecule has 3 atom stereocenters. The minimum absolute atomic E-state index is 0.0953. The van der Waals surface area contributed by atoms with E-state index in [0.29, 0.717) is 0 Å². The standard InChI is InChI=1S/C19H20N2O5/c1-2-6-14-11-21(18(25)20-17(14)24)19(9-13-7-4-3-5-8-13)10-15(23)16(12-22)26-19/h3-5,7-8,11,15-16,22-23H,9-10,12H2,1H3,(H,20,24,25)/t15-,16+,19+/m0/s1. The number of aromatic amines is 1. The van der Waals surface area contributed by atoms with Crippen molar-refractivity contribution in [3.63, 3.8) is 0 Å². The minimum Gasteiger partial charge on any atom is -0.394 e. The largest absolute Gasteiger partial charge is 0.394 e. The van der Waals surface area contributed by atoms with Gasteiger partial charge in [0.25, 0.3) is 5.56 Å². The monoisotopic (exact) mass is 356 g/mol. The van der Waals surface area contributed by atoms with Crippen LogP contribution in [0.5, 0.6) is 0 Å². The van der Waals surface area contributed by atoms with E-state index in [4.69, 9.17) is 4.74 Å². The molecule has 7 nitrogen and oxygen atoms in total. The molecule has 1 aromatic heterocycles. The van der Waals surface area contributed by atoms with Gasteiger partial charge in [-0.25, -0.2) is 4.79 Å². The van der Waals surface area contributed by atoms with Crippen LogP contribution in [-0.4, -0.2) is 38.6 Å². The Morgan fingerprint density at radius 2 is 2.08 bits per heavy atom. The van der Waals surface area contributed by atoms with E-state index >= 15 is 0 Å². The minimum atomic E-state index is -1.24. The van der Waals surface area contributed by atoms with Crippen molar-refractivity contribution in [3.05, 3.63) is 68.5 Å². The molecule has 0 unspecified atom stereocenters. The zero-order valence-electron chi connectivity index (χ0n) is 14.3. The second-order valence-corrected chi connectivity index (χ2v) is 6.27. The molecule has 3 N–H and O–H groups in total. The number of nitrogens with zero attached hydrogens (tertiary/aromatic N) is 1. The number of nitrogens with one attached hydrogen (secondary N) is 1. The van der Waals surface area contributed by atoms with Crippen LogP contribution in [0, 0.1) is 11.8 Å². The molecule has 0 aliphatic carbocycles. The molecular formula is C19H20N2O5. The molecule has 136 valence electrons. The van der Waals surface area contributed by atoms with Crippen molar-refractivity contribution in [2.45, 2.75) is 37.7 Å². The molecule has 1 aliphatic rings. The molecule has 0 saturated carbocycles. The molecule has 2 heterocycles. The van der Waals surface area contributed by atoms with Gasteiger partial charge in [0.05, 0.1) is 12.7 Å². The third-order valence-electron chi connectivity index (χ3n) is 4.47. The van der Waals surface area contributed by atoms with Crippen molar-refractivity contribution in [1.82, 2.24) is 9.55 Å². The number of hydrogen-bond donors (Lipinski definition) is 3. The van der Waals surface area contributed by atoms with Gasteiger partial charge in [0.1, 0.15) is 11.7 Å². The van der Waals surface area contributed by atoms with Gasteiger partial charge in [-0.3, -0.25) is 14.3 Å². The lowest BCUT2D eigenvalue weighted by molar-refractivity contribution is -0.119. The summed E-state index contributed by atoms with van der Waals surface area (Å²) in [5.74, 6) is 5.30. The van der Waals surface area contributed by atoms with E-state index in [-0.39, 0.29) is 25.0 Å². The molecular weight excluding hydrogens is 336 g/mol. The maximum Gasteiger partial charge on any atom is 0.330 e. The van der Waals surface area contributed by atoms with Crippen LogP contribution in [0.2, 0.25) is 0 Å². The first kappa shape index (κ1) is 18.1. The van der Waals surface area contributed by atoms with Gasteiger partial charge in [-0.2, -0.15) is 0 Å². The van der Waals surface area contributed by atoms with Crippen molar-refractivity contribution in [2.75, 3.05) is 6.61 Å². The molecule has 7 heteroatoms. The highest BCUT2D eigenvalue weighted by atomic mass is 16.6. The first-order valence-electron chi connectivity index (χ1n) is 8.29. The van der Waals surface area contributed by atoms with E-state index in [2.05, 4.69) is 16.8 Å². The van der Waals surface area contributed by atoms with Crippen molar-refractivity contribution < 1.29 is 14.9 Å². The molecule has 0 radical (unpaired) electrons. The van der Waals surface area contributed by atoms with E-state index < -0.39 is 29.2 Å². The number of aromatic nitrogens is 2. The van der Waals surface area contributed by atoms with Crippen molar-refractivity contribution in [1.29, 1.82) is 0 Å². The molecule has 2 aromatic rings. The van der Waals surface area contributed by atoms with E-state index in [9.17, 15) is 19.8 Å². The van der Waals surface area contributed by atoms with Crippen molar-refractivity contribution >= 4 is 0 Å². The lowest BCUT2D eigenvalue weighted by Gasteiger charge is -2.31. The second-order valence-electron chi connectivity index (χ2n) is 6.27. The van der Waals surface area contributed by atoms with Crippen molar-refractivity contribution in [2.24, 2.45) is 0 Å². The normalized spacial score (nSPS) is 24.9. The molecule has 3 rings (SSSR count). The van der Waals surface area contributed by atoms with Crippen LogP contribution in [-0.2, 0) is 16.9 Å². The van der Waals surface area contributed by atoms with Gasteiger partial charge in [0.15, 0.2) is 5.72 Å². The maximum absolute atomic E-state index is 12.5. The van der Waals surface area contributed by atoms with Crippen LogP contribution in [0.1, 0.15) is 24.5 Å². The van der Waals surface area contributed by atoms with Crippen molar-refractivity contribution in [3.8, 4) is 11.8 Å². The number of rotatable bonds is 4. The lowest BCUT2D eigenvalue weighted by Crippen LogP contribution is -2.46. The van der Waals surface area contributed by atoms with Crippen LogP contribution >= 0.6 is 0 Å². The fourth-order valence-corrected chi connectivity index (χ4v) is 3.29. The fraction of sp³-hybridized carbons (Fsp3) is 0.368. The highest BCUT2D eigenvalue weighted by molar-refractivity contribution is 5.29. The predicted molar refractivity (Wildman–Crippen MR) is 94.6 cm³/mol. The van der Waals surface area contributed by atoms with Crippen LogP contribution in [0.25, 0.3) is 0 Å². The van der Waals surface area contributed by atoms with E-state index in [0.717, 1.165) is 5.56 Å². The topological polar surface area (TPSA) is 105 Å². The summed E-state index contributed by atoms with van der Waals surface area (Å²) in [6.45, 7) is 1.21. The third kappa shape index (κ3) is 3.35. The number of benzene rings is 1. The molecule has 0 bridgehead atoms. The van der Waals surface area contributed by atoms with Gasteiger partial charge in [0, 0.05) is 19.0 Å². The summed E-state index contributed by atoms with van der Waals surface area (Å²) < 4.78 is 7.21. The SMILES string of the molecule is CC#Cc1cn([C@@]2(Cc3ccccc3)C[C@H](O)[C@@H](CO)O2)c(=O)[nH]c1=O. The Balaban J connectivity index is 2.15. The number of ether oxygens (including phenoxy) is 1. The number of H-pyrrole nitrogens is 1. The highest BCUT2D eigenvalue weighted by Gasteiger charge is 2.48. The third-order valence-corrected chi connectivity index (χ3v) is 4.47. The summed E-state index contributed by atoms with van der Waals surface area (Å²) in [5.41, 5.74) is -1.45. The fourth-order valence-electron chi connectivity index (χ4n) is 3.29. The predicted octanol–water partition coefficient (Wildman–Crippen LogP) is -0.0544. The molecule has 26 heavy (non-hydrogen) atoms. The molecule has 1 aromatic carbocycles. The Morgan fingerprint density at radius 1 is 1.35 bits per heavy atom. The summed E-state index contributed by atoms with van der Waals surface area (Å²) in [5, 5.41) is 19.8. The number of aliphatic hydroxyl groups is 2. The number of hydrogen-bond acceptors (Lipinski definition) is 5. The smallest absolute Gasteiger partial charge is 0.330 e. The van der Waals surface area contributed by atoms with Gasteiger partial charge in [-0.15, -0.1) is 5.92 Å². The quantitative estimate of drug-likeness (QED) is 0.666.